The van der Waals surface area contributed by atoms with E-state index in [0.717, 1.165) is 37.0 Å². The van der Waals surface area contributed by atoms with Crippen molar-refractivity contribution in [2.24, 2.45) is 16.9 Å². The van der Waals surface area contributed by atoms with Crippen LogP contribution in [0.1, 0.15) is 31.2 Å². The molecule has 1 heterocycles. The molecule has 112 valence electrons. The SMILES string of the molecule is COc1ccc(C2=NNC(=O)[C@H]3CCCC[C@H]23)cc1OC. The summed E-state index contributed by atoms with van der Waals surface area (Å²) in [6.07, 6.45) is 4.24. The summed E-state index contributed by atoms with van der Waals surface area (Å²) in [4.78, 5) is 12.0. The quantitative estimate of drug-likeness (QED) is 0.928. The van der Waals surface area contributed by atoms with E-state index in [1.165, 1.54) is 0 Å². The number of hydrazone groups is 1. The number of amides is 1. The van der Waals surface area contributed by atoms with Crippen molar-refractivity contribution in [1.82, 2.24) is 5.43 Å². The molecule has 0 bridgehead atoms. The fraction of sp³-hybridized carbons (Fsp3) is 0.500. The Labute approximate surface area is 124 Å². The normalized spacial score (nSPS) is 24.7. The van der Waals surface area contributed by atoms with Crippen molar-refractivity contribution in [1.29, 1.82) is 0 Å². The molecule has 2 atom stereocenters. The lowest BCUT2D eigenvalue weighted by atomic mass is 9.74. The van der Waals surface area contributed by atoms with Crippen LogP contribution in [0.4, 0.5) is 0 Å². The molecule has 2 aliphatic rings. The fourth-order valence-electron chi connectivity index (χ4n) is 3.33. The number of fused-ring (bicyclic) bond motifs is 1. The molecule has 1 N–H and O–H groups in total. The first-order valence-electron chi connectivity index (χ1n) is 7.34. The number of carbonyl (C=O) groups is 1. The highest BCUT2D eigenvalue weighted by atomic mass is 16.5. The van der Waals surface area contributed by atoms with Crippen LogP contribution in [-0.2, 0) is 4.79 Å². The average Bonchev–Trinajstić information content (AvgIpc) is 2.55. The highest BCUT2D eigenvalue weighted by Crippen LogP contribution is 2.36. The minimum Gasteiger partial charge on any atom is -0.493 e. The maximum absolute atomic E-state index is 12.0. The fourth-order valence-corrected chi connectivity index (χ4v) is 3.33. The number of benzene rings is 1. The number of nitrogens with zero attached hydrogens (tertiary/aromatic N) is 1. The van der Waals surface area contributed by atoms with E-state index >= 15 is 0 Å². The molecular formula is C16H20N2O3. The summed E-state index contributed by atoms with van der Waals surface area (Å²) in [7, 11) is 3.24. The molecule has 0 unspecified atom stereocenters. The first kappa shape index (κ1) is 13.9. The summed E-state index contributed by atoms with van der Waals surface area (Å²) in [5.74, 6) is 1.71. The number of ether oxygens (including phenoxy) is 2. The molecule has 5 nitrogen and oxygen atoms in total. The molecule has 1 aromatic rings. The minimum atomic E-state index is 0.0550. The molecule has 0 aromatic heterocycles. The van der Waals surface area contributed by atoms with E-state index in [1.807, 2.05) is 18.2 Å². The van der Waals surface area contributed by atoms with E-state index in [4.69, 9.17) is 9.47 Å². The Bertz CT molecular complexity index is 583. The van der Waals surface area contributed by atoms with Gasteiger partial charge in [-0.15, -0.1) is 0 Å². The zero-order valence-electron chi connectivity index (χ0n) is 12.4. The van der Waals surface area contributed by atoms with Gasteiger partial charge < -0.3 is 9.47 Å². The summed E-state index contributed by atoms with van der Waals surface area (Å²) < 4.78 is 10.6. The molecule has 1 amide bonds. The molecule has 1 aliphatic heterocycles. The van der Waals surface area contributed by atoms with Gasteiger partial charge >= 0.3 is 0 Å². The van der Waals surface area contributed by atoms with E-state index in [2.05, 4.69) is 10.5 Å². The van der Waals surface area contributed by atoms with Gasteiger partial charge in [-0.1, -0.05) is 12.8 Å². The van der Waals surface area contributed by atoms with Gasteiger partial charge in [-0.2, -0.15) is 5.10 Å². The van der Waals surface area contributed by atoms with Crippen LogP contribution in [0.3, 0.4) is 0 Å². The van der Waals surface area contributed by atoms with Gasteiger partial charge in [0.25, 0.3) is 0 Å². The van der Waals surface area contributed by atoms with Gasteiger partial charge in [0, 0.05) is 17.4 Å². The zero-order valence-corrected chi connectivity index (χ0v) is 12.4. The van der Waals surface area contributed by atoms with E-state index in [1.54, 1.807) is 14.2 Å². The molecular weight excluding hydrogens is 268 g/mol. The Morgan fingerprint density at radius 3 is 2.52 bits per heavy atom. The summed E-state index contributed by atoms with van der Waals surface area (Å²) in [6.45, 7) is 0. The molecule has 0 radical (unpaired) electrons. The second-order valence-electron chi connectivity index (χ2n) is 5.54. The lowest BCUT2D eigenvalue weighted by molar-refractivity contribution is -0.127. The van der Waals surface area contributed by atoms with E-state index in [-0.39, 0.29) is 17.7 Å². The lowest BCUT2D eigenvalue weighted by Crippen LogP contribution is -2.43. The lowest BCUT2D eigenvalue weighted by Gasteiger charge is -2.34. The third-order valence-electron chi connectivity index (χ3n) is 4.42. The molecule has 1 aromatic carbocycles. The molecule has 3 rings (SSSR count). The minimum absolute atomic E-state index is 0.0550. The van der Waals surface area contributed by atoms with Gasteiger partial charge in [-0.25, -0.2) is 5.43 Å². The number of carbonyl (C=O) groups excluding carboxylic acids is 1. The van der Waals surface area contributed by atoms with Crippen molar-refractivity contribution in [3.8, 4) is 11.5 Å². The van der Waals surface area contributed by atoms with Gasteiger partial charge in [0.05, 0.1) is 19.9 Å². The third kappa shape index (κ3) is 2.48. The Kier molecular flexibility index (Phi) is 3.82. The Morgan fingerprint density at radius 1 is 1.10 bits per heavy atom. The monoisotopic (exact) mass is 288 g/mol. The van der Waals surface area contributed by atoms with Crippen molar-refractivity contribution in [2.45, 2.75) is 25.7 Å². The van der Waals surface area contributed by atoms with Crippen molar-refractivity contribution < 1.29 is 14.3 Å². The molecule has 1 saturated carbocycles. The topological polar surface area (TPSA) is 59.9 Å². The van der Waals surface area contributed by atoms with E-state index < -0.39 is 0 Å². The predicted octanol–water partition coefficient (Wildman–Crippen LogP) is 2.34. The Morgan fingerprint density at radius 2 is 1.81 bits per heavy atom. The summed E-state index contributed by atoms with van der Waals surface area (Å²) in [5, 5.41) is 4.32. The van der Waals surface area contributed by atoms with Crippen LogP contribution in [-0.4, -0.2) is 25.8 Å². The zero-order chi connectivity index (χ0) is 14.8. The van der Waals surface area contributed by atoms with Gasteiger partial charge in [-0.3, -0.25) is 4.79 Å². The Hall–Kier alpha value is -2.04. The summed E-state index contributed by atoms with van der Waals surface area (Å²) in [6, 6.07) is 5.79. The maximum Gasteiger partial charge on any atom is 0.243 e. The third-order valence-corrected chi connectivity index (χ3v) is 4.42. The molecule has 1 fully saturated rings. The molecule has 21 heavy (non-hydrogen) atoms. The first-order chi connectivity index (χ1) is 10.2. The molecule has 0 spiro atoms. The first-order valence-corrected chi connectivity index (χ1v) is 7.34. The number of methoxy groups -OCH3 is 2. The van der Waals surface area contributed by atoms with Crippen molar-refractivity contribution in [3.63, 3.8) is 0 Å². The van der Waals surface area contributed by atoms with Crippen LogP contribution in [0.25, 0.3) is 0 Å². The second kappa shape index (κ2) is 5.76. The highest BCUT2D eigenvalue weighted by Gasteiger charge is 2.37. The van der Waals surface area contributed by atoms with E-state index in [0.29, 0.717) is 11.5 Å². The predicted molar refractivity (Wildman–Crippen MR) is 79.7 cm³/mol. The van der Waals surface area contributed by atoms with Crippen LogP contribution >= 0.6 is 0 Å². The standard InChI is InChI=1S/C16H20N2O3/c1-20-13-8-7-10(9-14(13)21-2)15-11-5-3-4-6-12(11)16(19)18-17-15/h7-9,11-12H,3-6H2,1-2H3,(H,18,19)/t11-,12-/m0/s1. The number of hydrogen-bond acceptors (Lipinski definition) is 4. The highest BCUT2D eigenvalue weighted by molar-refractivity contribution is 6.07. The summed E-state index contributed by atoms with van der Waals surface area (Å²) >= 11 is 0. The van der Waals surface area contributed by atoms with Crippen LogP contribution in [0.15, 0.2) is 23.3 Å². The average molecular weight is 288 g/mol. The number of nitrogens with one attached hydrogen (secondary N) is 1. The number of hydrogen-bond donors (Lipinski definition) is 1. The van der Waals surface area contributed by atoms with Gasteiger partial charge in [0.2, 0.25) is 5.91 Å². The molecule has 5 heteroatoms. The Balaban J connectivity index is 1.97. The van der Waals surface area contributed by atoms with Gasteiger partial charge in [0.1, 0.15) is 0 Å². The smallest absolute Gasteiger partial charge is 0.243 e. The second-order valence-corrected chi connectivity index (χ2v) is 5.54. The van der Waals surface area contributed by atoms with E-state index in [9.17, 15) is 4.79 Å². The van der Waals surface area contributed by atoms with Crippen molar-refractivity contribution >= 4 is 11.6 Å². The maximum atomic E-state index is 12.0. The molecule has 0 saturated heterocycles. The summed E-state index contributed by atoms with van der Waals surface area (Å²) in [5.41, 5.74) is 4.62. The largest absolute Gasteiger partial charge is 0.493 e. The van der Waals surface area contributed by atoms with Gasteiger partial charge in [0.15, 0.2) is 11.5 Å². The van der Waals surface area contributed by atoms with Crippen LogP contribution in [0, 0.1) is 11.8 Å². The molecule has 1 aliphatic carbocycles. The van der Waals surface area contributed by atoms with Crippen molar-refractivity contribution in [2.75, 3.05) is 14.2 Å². The van der Waals surface area contributed by atoms with Crippen LogP contribution < -0.4 is 14.9 Å². The van der Waals surface area contributed by atoms with Crippen LogP contribution in [0.5, 0.6) is 11.5 Å². The van der Waals surface area contributed by atoms with Crippen LogP contribution in [0.2, 0.25) is 0 Å². The van der Waals surface area contributed by atoms with Crippen molar-refractivity contribution in [3.05, 3.63) is 23.8 Å². The van der Waals surface area contributed by atoms with Gasteiger partial charge in [-0.05, 0) is 31.0 Å². The number of rotatable bonds is 3.